The van der Waals surface area contributed by atoms with Crippen LogP contribution >= 0.6 is 0 Å². The van der Waals surface area contributed by atoms with Gasteiger partial charge in [-0.1, -0.05) is 19.9 Å². The number of carbonyl (C=O) groups is 1. The smallest absolute Gasteiger partial charge is 0.302 e. The van der Waals surface area contributed by atoms with Crippen molar-refractivity contribution in [1.82, 2.24) is 0 Å². The van der Waals surface area contributed by atoms with E-state index in [0.717, 1.165) is 12.0 Å². The molecule has 0 unspecified atom stereocenters. The third-order valence-electron chi connectivity index (χ3n) is 6.85. The first kappa shape index (κ1) is 14.7. The maximum absolute atomic E-state index is 11.5. The molecular formula is C17H24O5. The number of fused-ring (bicyclic) bond motifs is 2. The molecule has 5 heteroatoms. The molecule has 0 aromatic heterocycles. The number of hydrogen-bond acceptors (Lipinski definition) is 5. The maximum atomic E-state index is 11.5. The highest BCUT2D eigenvalue weighted by Crippen LogP contribution is 2.71. The molecule has 122 valence electrons. The Bertz CT molecular complexity index is 565. The number of rotatable bonds is 1. The van der Waals surface area contributed by atoms with Gasteiger partial charge in [0.25, 0.3) is 0 Å². The normalized spacial score (nSPS) is 55.6. The molecular weight excluding hydrogens is 284 g/mol. The number of epoxide rings is 1. The molecule has 7 atom stereocenters. The summed E-state index contributed by atoms with van der Waals surface area (Å²) in [6, 6.07) is 0. The van der Waals surface area contributed by atoms with Crippen LogP contribution in [-0.4, -0.2) is 47.7 Å². The Morgan fingerprint density at radius 3 is 2.68 bits per heavy atom. The lowest BCUT2D eigenvalue weighted by Gasteiger charge is -2.57. The Hall–Kier alpha value is -0.910. The minimum Gasteiger partial charge on any atom is -0.460 e. The maximum Gasteiger partial charge on any atom is 0.302 e. The van der Waals surface area contributed by atoms with Crippen LogP contribution in [0.1, 0.15) is 40.5 Å². The van der Waals surface area contributed by atoms with E-state index in [2.05, 4.69) is 13.8 Å². The average molecular weight is 308 g/mol. The fourth-order valence-electron chi connectivity index (χ4n) is 5.19. The van der Waals surface area contributed by atoms with Crippen molar-refractivity contribution < 1.29 is 24.1 Å². The van der Waals surface area contributed by atoms with E-state index in [-0.39, 0.29) is 40.7 Å². The summed E-state index contributed by atoms with van der Waals surface area (Å²) in [5, 5.41) is 10.4. The van der Waals surface area contributed by atoms with Crippen LogP contribution in [0.5, 0.6) is 0 Å². The van der Waals surface area contributed by atoms with Crippen LogP contribution in [-0.2, 0) is 19.0 Å². The fourth-order valence-corrected chi connectivity index (χ4v) is 5.19. The third kappa shape index (κ3) is 1.52. The minimum absolute atomic E-state index is 0.0683. The summed E-state index contributed by atoms with van der Waals surface area (Å²) < 4.78 is 17.8. The van der Waals surface area contributed by atoms with E-state index in [0.29, 0.717) is 13.0 Å². The average Bonchev–Trinajstić information content (AvgIpc) is 3.16. The second kappa shape index (κ2) is 4.13. The van der Waals surface area contributed by atoms with E-state index in [4.69, 9.17) is 14.2 Å². The van der Waals surface area contributed by atoms with E-state index < -0.39 is 6.10 Å². The van der Waals surface area contributed by atoms with Crippen LogP contribution < -0.4 is 0 Å². The van der Waals surface area contributed by atoms with Crippen LogP contribution in [0.15, 0.2) is 11.6 Å². The van der Waals surface area contributed by atoms with Crippen molar-refractivity contribution in [2.24, 2.45) is 10.8 Å². The first-order chi connectivity index (χ1) is 10.2. The van der Waals surface area contributed by atoms with Gasteiger partial charge >= 0.3 is 5.97 Å². The Morgan fingerprint density at radius 2 is 2.09 bits per heavy atom. The molecule has 1 spiro atoms. The fraction of sp³-hybridized carbons (Fsp3) is 0.824. The highest BCUT2D eigenvalue weighted by molar-refractivity contribution is 5.66. The van der Waals surface area contributed by atoms with Crippen LogP contribution in [0.4, 0.5) is 0 Å². The highest BCUT2D eigenvalue weighted by atomic mass is 16.7. The molecule has 0 radical (unpaired) electrons. The molecule has 1 N–H and O–H groups in total. The van der Waals surface area contributed by atoms with Gasteiger partial charge in [0.05, 0.1) is 18.8 Å². The number of aliphatic hydroxyl groups excluding tert-OH is 1. The van der Waals surface area contributed by atoms with Crippen molar-refractivity contribution in [2.45, 2.75) is 70.6 Å². The van der Waals surface area contributed by atoms with Crippen LogP contribution in [0.25, 0.3) is 0 Å². The van der Waals surface area contributed by atoms with Crippen molar-refractivity contribution in [3.63, 3.8) is 0 Å². The molecule has 22 heavy (non-hydrogen) atoms. The Labute approximate surface area is 130 Å². The zero-order valence-electron chi connectivity index (χ0n) is 13.6. The van der Waals surface area contributed by atoms with Gasteiger partial charge in [-0.3, -0.25) is 4.79 Å². The highest BCUT2D eigenvalue weighted by Gasteiger charge is 2.80. The molecule has 2 heterocycles. The van der Waals surface area contributed by atoms with Gasteiger partial charge < -0.3 is 19.3 Å². The van der Waals surface area contributed by atoms with Crippen LogP contribution in [0.3, 0.4) is 0 Å². The summed E-state index contributed by atoms with van der Waals surface area (Å²) in [5.74, 6) is -0.277. The molecule has 2 aliphatic carbocycles. The number of ether oxygens (including phenoxy) is 3. The molecule has 4 aliphatic rings. The monoisotopic (exact) mass is 308 g/mol. The van der Waals surface area contributed by atoms with Crippen LogP contribution in [0.2, 0.25) is 0 Å². The summed E-state index contributed by atoms with van der Waals surface area (Å²) in [4.78, 5) is 11.5. The largest absolute Gasteiger partial charge is 0.460 e. The second-order valence-corrected chi connectivity index (χ2v) is 7.89. The first-order valence-corrected chi connectivity index (χ1v) is 8.06. The van der Waals surface area contributed by atoms with Gasteiger partial charge in [-0.2, -0.15) is 0 Å². The molecule has 4 rings (SSSR count). The summed E-state index contributed by atoms with van der Waals surface area (Å²) in [7, 11) is 0. The summed E-state index contributed by atoms with van der Waals surface area (Å²) in [6.45, 7) is 8.42. The molecule has 0 amide bonds. The Kier molecular flexibility index (Phi) is 2.76. The van der Waals surface area contributed by atoms with E-state index >= 15 is 0 Å². The van der Waals surface area contributed by atoms with E-state index in [9.17, 15) is 9.90 Å². The quantitative estimate of drug-likeness (QED) is 0.452. The topological polar surface area (TPSA) is 68.3 Å². The standard InChI is InChI=1S/C17H24O5/c1-9-5-13-15(3,6-11(9)19)16(4)7-12(21-10(2)18)14(22-13)17(16)8-20-17/h5,11-14,19H,6-8H2,1-4H3/t11-,12+,13+,14+,15-,16+,17-/m0/s1. The molecule has 3 fully saturated rings. The molecule has 2 saturated heterocycles. The van der Waals surface area contributed by atoms with Gasteiger partial charge in [-0.15, -0.1) is 0 Å². The molecule has 1 saturated carbocycles. The minimum atomic E-state index is -0.443. The van der Waals surface area contributed by atoms with Crippen molar-refractivity contribution >= 4 is 5.97 Å². The predicted molar refractivity (Wildman–Crippen MR) is 78.1 cm³/mol. The van der Waals surface area contributed by atoms with Gasteiger partial charge in [0.15, 0.2) is 0 Å². The lowest BCUT2D eigenvalue weighted by atomic mass is 9.52. The number of hydrogen-bond donors (Lipinski definition) is 1. The van der Waals surface area contributed by atoms with Gasteiger partial charge in [0, 0.05) is 17.8 Å². The molecule has 0 aromatic carbocycles. The summed E-state index contributed by atoms with van der Waals surface area (Å²) >= 11 is 0. The van der Waals surface area contributed by atoms with Gasteiger partial charge in [0.2, 0.25) is 0 Å². The number of aliphatic hydroxyl groups is 1. The second-order valence-electron chi connectivity index (χ2n) is 7.89. The molecule has 2 aliphatic heterocycles. The number of esters is 1. The van der Waals surface area contributed by atoms with Crippen molar-refractivity contribution in [3.05, 3.63) is 11.6 Å². The molecule has 0 aromatic rings. The molecule has 2 bridgehead atoms. The zero-order chi connectivity index (χ0) is 15.9. The Balaban J connectivity index is 1.78. The van der Waals surface area contributed by atoms with Gasteiger partial charge in [-0.05, 0) is 25.3 Å². The lowest BCUT2D eigenvalue weighted by molar-refractivity contribution is -0.207. The van der Waals surface area contributed by atoms with Crippen LogP contribution in [0, 0.1) is 10.8 Å². The zero-order valence-corrected chi connectivity index (χ0v) is 13.6. The lowest BCUT2D eigenvalue weighted by Crippen LogP contribution is -2.62. The van der Waals surface area contributed by atoms with Crippen molar-refractivity contribution in [2.75, 3.05) is 6.61 Å². The number of carbonyl (C=O) groups excluding carboxylic acids is 1. The predicted octanol–water partition coefficient (Wildman–Crippen LogP) is 1.58. The molecule has 5 nitrogen and oxygen atoms in total. The van der Waals surface area contributed by atoms with Gasteiger partial charge in [0.1, 0.15) is 17.8 Å². The SMILES string of the molecule is CC(=O)O[C@@H]1C[C@]2(C)[C@@]3(C)C[C@H](O)C(C)=C[C@H]3O[C@H]1[C@@]21CO1. The Morgan fingerprint density at radius 1 is 1.41 bits per heavy atom. The van der Waals surface area contributed by atoms with E-state index in [1.807, 2.05) is 13.0 Å². The van der Waals surface area contributed by atoms with Crippen molar-refractivity contribution in [1.29, 1.82) is 0 Å². The summed E-state index contributed by atoms with van der Waals surface area (Å²) in [6.07, 6.45) is 2.44. The van der Waals surface area contributed by atoms with Crippen molar-refractivity contribution in [3.8, 4) is 0 Å². The van der Waals surface area contributed by atoms with E-state index in [1.165, 1.54) is 6.92 Å². The third-order valence-corrected chi connectivity index (χ3v) is 6.85. The van der Waals surface area contributed by atoms with Gasteiger partial charge in [-0.25, -0.2) is 0 Å². The first-order valence-electron chi connectivity index (χ1n) is 8.06. The summed E-state index contributed by atoms with van der Waals surface area (Å²) in [5.41, 5.74) is 0.193. The van der Waals surface area contributed by atoms with E-state index in [1.54, 1.807) is 0 Å².